The van der Waals surface area contributed by atoms with Gasteiger partial charge in [0.05, 0.1) is 0 Å². The number of carboxylic acid groups (broad SMARTS) is 1. The molecule has 0 unspecified atom stereocenters. The first-order valence-corrected chi connectivity index (χ1v) is 5.41. The lowest BCUT2D eigenvalue weighted by atomic mass is 10.1. The predicted molar refractivity (Wildman–Crippen MR) is 63.8 cm³/mol. The molecule has 1 aromatic carbocycles. The Kier molecular flexibility index (Phi) is 3.23. The lowest BCUT2D eigenvalue weighted by Crippen LogP contribution is -1.87. The van der Waals surface area contributed by atoms with Gasteiger partial charge in [-0.15, -0.1) is 0 Å². The number of hydrogen-bond donors (Lipinski definition) is 1. The third-order valence-corrected chi connectivity index (χ3v) is 2.42. The fourth-order valence-corrected chi connectivity index (χ4v) is 1.67. The van der Waals surface area contributed by atoms with Gasteiger partial charge in [-0.05, 0) is 30.5 Å². The fourth-order valence-electron chi connectivity index (χ4n) is 1.67. The first-order valence-electron chi connectivity index (χ1n) is 5.41. The van der Waals surface area contributed by atoms with E-state index in [1.54, 1.807) is 6.08 Å². The second kappa shape index (κ2) is 4.82. The van der Waals surface area contributed by atoms with E-state index in [4.69, 9.17) is 9.52 Å². The van der Waals surface area contributed by atoms with Crippen LogP contribution >= 0.6 is 0 Å². The monoisotopic (exact) mass is 231 g/mol. The van der Waals surface area contributed by atoms with Crippen molar-refractivity contribution in [3.8, 4) is 0 Å². The van der Waals surface area contributed by atoms with Gasteiger partial charge in [0.15, 0.2) is 11.5 Å². The number of nitrogens with zero attached hydrogens (tertiary/aromatic N) is 1. The number of aryl methyl sites for hydroxylation is 2. The molecule has 0 saturated heterocycles. The molecular formula is C13H13NO3. The van der Waals surface area contributed by atoms with Crippen LogP contribution in [0.5, 0.6) is 0 Å². The van der Waals surface area contributed by atoms with Gasteiger partial charge in [0.2, 0.25) is 0 Å². The topological polar surface area (TPSA) is 63.3 Å². The third-order valence-electron chi connectivity index (χ3n) is 2.42. The Morgan fingerprint density at radius 3 is 3.12 bits per heavy atom. The van der Waals surface area contributed by atoms with Crippen molar-refractivity contribution < 1.29 is 14.3 Å². The van der Waals surface area contributed by atoms with Gasteiger partial charge < -0.3 is 9.52 Å². The molecular weight excluding hydrogens is 218 g/mol. The summed E-state index contributed by atoms with van der Waals surface area (Å²) in [4.78, 5) is 14.5. The molecule has 1 N–H and O–H groups in total. The molecule has 0 amide bonds. The molecule has 2 rings (SSSR count). The first-order chi connectivity index (χ1) is 8.15. The van der Waals surface area contributed by atoms with Crippen LogP contribution in [0, 0.1) is 6.92 Å². The summed E-state index contributed by atoms with van der Waals surface area (Å²) in [6, 6.07) is 5.85. The molecule has 0 aliphatic rings. The minimum Gasteiger partial charge on any atom is -0.478 e. The minimum absolute atomic E-state index is 0.655. The van der Waals surface area contributed by atoms with Gasteiger partial charge in [0.1, 0.15) is 5.52 Å². The molecule has 0 spiro atoms. The summed E-state index contributed by atoms with van der Waals surface area (Å²) in [5, 5.41) is 8.44. The number of carboxylic acids is 1. The molecule has 88 valence electrons. The molecule has 17 heavy (non-hydrogen) atoms. The number of oxazole rings is 1. The van der Waals surface area contributed by atoms with Crippen LogP contribution < -0.4 is 0 Å². The largest absolute Gasteiger partial charge is 0.478 e. The Labute approximate surface area is 98.6 Å². The average molecular weight is 231 g/mol. The normalized spacial score (nSPS) is 11.4. The van der Waals surface area contributed by atoms with Crippen molar-refractivity contribution in [1.82, 2.24) is 4.98 Å². The zero-order chi connectivity index (χ0) is 12.3. The summed E-state index contributed by atoms with van der Waals surface area (Å²) in [6.45, 7) is 1.81. The Hall–Kier alpha value is -2.10. The van der Waals surface area contributed by atoms with Crippen LogP contribution in [0.1, 0.15) is 17.9 Å². The van der Waals surface area contributed by atoms with Crippen molar-refractivity contribution in [2.24, 2.45) is 0 Å². The summed E-state index contributed by atoms with van der Waals surface area (Å²) >= 11 is 0. The molecule has 2 aromatic rings. The van der Waals surface area contributed by atoms with Gasteiger partial charge >= 0.3 is 5.97 Å². The summed E-state index contributed by atoms with van der Waals surface area (Å²) < 4.78 is 5.43. The number of aromatic nitrogens is 1. The van der Waals surface area contributed by atoms with Crippen LogP contribution in [0.3, 0.4) is 0 Å². The molecule has 0 radical (unpaired) electrons. The van der Waals surface area contributed by atoms with E-state index in [-0.39, 0.29) is 0 Å². The number of fused-ring (bicyclic) bond motifs is 1. The van der Waals surface area contributed by atoms with Crippen molar-refractivity contribution in [1.29, 1.82) is 0 Å². The summed E-state index contributed by atoms with van der Waals surface area (Å²) in [6.07, 6.45) is 4.31. The second-order valence-corrected chi connectivity index (χ2v) is 3.81. The predicted octanol–water partition coefficient (Wildman–Crippen LogP) is 2.71. The summed E-state index contributed by atoms with van der Waals surface area (Å²) in [5.74, 6) is -0.255. The molecule has 4 nitrogen and oxygen atoms in total. The van der Waals surface area contributed by atoms with Crippen LogP contribution in [0.4, 0.5) is 0 Å². The van der Waals surface area contributed by atoms with Crippen molar-refractivity contribution in [2.75, 3.05) is 0 Å². The molecule has 0 aliphatic carbocycles. The van der Waals surface area contributed by atoms with E-state index < -0.39 is 5.97 Å². The van der Waals surface area contributed by atoms with E-state index in [9.17, 15) is 4.79 Å². The number of hydrogen-bond acceptors (Lipinski definition) is 3. The van der Waals surface area contributed by atoms with E-state index in [0.717, 1.165) is 29.2 Å². The molecule has 0 atom stereocenters. The molecule has 0 aliphatic heterocycles. The van der Waals surface area contributed by atoms with Gasteiger partial charge in [-0.3, -0.25) is 0 Å². The van der Waals surface area contributed by atoms with Crippen molar-refractivity contribution in [2.45, 2.75) is 19.8 Å². The highest BCUT2D eigenvalue weighted by Gasteiger charge is 2.02. The number of benzene rings is 1. The van der Waals surface area contributed by atoms with Crippen molar-refractivity contribution >= 4 is 17.1 Å². The Bertz CT molecular complexity index is 569. The van der Waals surface area contributed by atoms with Gasteiger partial charge in [-0.2, -0.15) is 0 Å². The van der Waals surface area contributed by atoms with Crippen molar-refractivity contribution in [3.63, 3.8) is 0 Å². The molecule has 0 saturated carbocycles. The number of carbonyl (C=O) groups is 1. The second-order valence-electron chi connectivity index (χ2n) is 3.81. The number of rotatable bonds is 4. The minimum atomic E-state index is -0.911. The van der Waals surface area contributed by atoms with Gasteiger partial charge in [-0.1, -0.05) is 12.1 Å². The molecule has 4 heteroatoms. The highest BCUT2D eigenvalue weighted by Crippen LogP contribution is 2.17. The first kappa shape index (κ1) is 11.4. The van der Waals surface area contributed by atoms with E-state index >= 15 is 0 Å². The molecule has 1 aromatic heterocycles. The molecule has 0 fully saturated rings. The van der Waals surface area contributed by atoms with E-state index in [1.165, 1.54) is 0 Å². The maximum atomic E-state index is 10.3. The van der Waals surface area contributed by atoms with Crippen LogP contribution in [0.15, 0.2) is 34.8 Å². The van der Waals surface area contributed by atoms with Gasteiger partial charge in [-0.25, -0.2) is 9.78 Å². The third kappa shape index (κ3) is 2.93. The Morgan fingerprint density at radius 1 is 1.53 bits per heavy atom. The average Bonchev–Trinajstić information content (AvgIpc) is 2.63. The zero-order valence-corrected chi connectivity index (χ0v) is 9.51. The maximum absolute atomic E-state index is 10.3. The quantitative estimate of drug-likeness (QED) is 0.822. The molecule has 1 heterocycles. The smallest absolute Gasteiger partial charge is 0.327 e. The highest BCUT2D eigenvalue weighted by atomic mass is 16.4. The van der Waals surface area contributed by atoms with Crippen LogP contribution in [-0.4, -0.2) is 16.1 Å². The van der Waals surface area contributed by atoms with Crippen LogP contribution in [0.2, 0.25) is 0 Å². The van der Waals surface area contributed by atoms with E-state index in [2.05, 4.69) is 4.98 Å². The molecule has 0 bridgehead atoms. The SMILES string of the molecule is Cc1nc2ccc(CC/C=C/C(=O)O)cc2o1. The highest BCUT2D eigenvalue weighted by molar-refractivity contribution is 5.79. The Balaban J connectivity index is 2.06. The van der Waals surface area contributed by atoms with Crippen LogP contribution in [-0.2, 0) is 11.2 Å². The lowest BCUT2D eigenvalue weighted by Gasteiger charge is -1.96. The number of allylic oxidation sites excluding steroid dienone is 1. The van der Waals surface area contributed by atoms with Crippen molar-refractivity contribution in [3.05, 3.63) is 41.8 Å². The maximum Gasteiger partial charge on any atom is 0.327 e. The lowest BCUT2D eigenvalue weighted by molar-refractivity contribution is -0.131. The Morgan fingerprint density at radius 2 is 2.35 bits per heavy atom. The van der Waals surface area contributed by atoms with Gasteiger partial charge in [0, 0.05) is 13.0 Å². The summed E-state index contributed by atoms with van der Waals surface area (Å²) in [7, 11) is 0. The van der Waals surface area contributed by atoms with E-state index in [0.29, 0.717) is 12.3 Å². The van der Waals surface area contributed by atoms with Crippen LogP contribution in [0.25, 0.3) is 11.1 Å². The summed E-state index contributed by atoms with van der Waals surface area (Å²) in [5.41, 5.74) is 2.75. The van der Waals surface area contributed by atoms with Gasteiger partial charge in [0.25, 0.3) is 0 Å². The van der Waals surface area contributed by atoms with E-state index in [1.807, 2.05) is 25.1 Å². The standard InChI is InChI=1S/C13H13NO3/c1-9-14-11-7-6-10(8-12(11)17-9)4-2-3-5-13(15)16/h3,5-8H,2,4H2,1H3,(H,15,16)/b5-3+. The number of aliphatic carboxylic acids is 1. The zero-order valence-electron chi connectivity index (χ0n) is 9.51. The fraction of sp³-hybridized carbons (Fsp3) is 0.231.